The van der Waals surface area contributed by atoms with Gasteiger partial charge in [0.25, 0.3) is 0 Å². The molecule has 0 aliphatic carbocycles. The highest BCUT2D eigenvalue weighted by Crippen LogP contribution is 2.25. The molecular formula is C15H19ClN2O3. The van der Waals surface area contributed by atoms with E-state index in [4.69, 9.17) is 22.4 Å². The van der Waals surface area contributed by atoms with Crippen LogP contribution in [0.4, 0.5) is 0 Å². The SMILES string of the molecule is CC(=Cc1cc(Cl)ccc1O)CN1CCC(N)(C(=O)O)C1. The molecule has 2 rings (SSSR count). The maximum absolute atomic E-state index is 11.1. The van der Waals surface area contributed by atoms with Gasteiger partial charge in [-0.2, -0.15) is 0 Å². The number of hydrogen-bond acceptors (Lipinski definition) is 4. The molecule has 5 nitrogen and oxygen atoms in total. The minimum absolute atomic E-state index is 0.166. The number of nitrogens with two attached hydrogens (primary N) is 1. The van der Waals surface area contributed by atoms with Gasteiger partial charge in [0, 0.05) is 30.2 Å². The highest BCUT2D eigenvalue weighted by molar-refractivity contribution is 6.30. The lowest BCUT2D eigenvalue weighted by Gasteiger charge is -2.20. The average Bonchev–Trinajstić information content (AvgIpc) is 2.77. The van der Waals surface area contributed by atoms with E-state index in [9.17, 15) is 9.90 Å². The fourth-order valence-electron chi connectivity index (χ4n) is 2.53. The van der Waals surface area contributed by atoms with Crippen molar-refractivity contribution in [3.05, 3.63) is 34.4 Å². The molecule has 0 saturated carbocycles. The second-order valence-electron chi connectivity index (χ2n) is 5.62. The number of rotatable bonds is 4. The number of nitrogens with zero attached hydrogens (tertiary/aromatic N) is 1. The summed E-state index contributed by atoms with van der Waals surface area (Å²) < 4.78 is 0. The zero-order valence-corrected chi connectivity index (χ0v) is 12.6. The van der Waals surface area contributed by atoms with Crippen LogP contribution in [0.25, 0.3) is 6.08 Å². The summed E-state index contributed by atoms with van der Waals surface area (Å²) in [5, 5.41) is 19.5. The van der Waals surface area contributed by atoms with Gasteiger partial charge in [-0.25, -0.2) is 0 Å². The van der Waals surface area contributed by atoms with Crippen molar-refractivity contribution in [1.82, 2.24) is 4.90 Å². The van der Waals surface area contributed by atoms with Crippen molar-refractivity contribution in [2.24, 2.45) is 5.73 Å². The number of phenolic OH excluding ortho intramolecular Hbond substituents is 1. The van der Waals surface area contributed by atoms with Crippen molar-refractivity contribution < 1.29 is 15.0 Å². The standard InChI is InChI=1S/C15H19ClN2O3/c1-10(6-11-7-12(16)2-3-13(11)19)8-18-5-4-15(17,9-18)14(20)21/h2-3,6-7,19H,4-5,8-9,17H2,1H3,(H,20,21). The number of phenols is 1. The third kappa shape index (κ3) is 3.75. The minimum Gasteiger partial charge on any atom is -0.507 e. The van der Waals surface area contributed by atoms with Crippen molar-refractivity contribution >= 4 is 23.6 Å². The zero-order valence-electron chi connectivity index (χ0n) is 11.8. The third-order valence-electron chi connectivity index (χ3n) is 3.67. The molecule has 1 aliphatic rings. The number of hydrogen-bond donors (Lipinski definition) is 3. The second kappa shape index (κ2) is 6.05. The van der Waals surface area contributed by atoms with Crippen LogP contribution in [-0.4, -0.2) is 46.3 Å². The summed E-state index contributed by atoms with van der Waals surface area (Å²) in [5.41, 5.74) is 6.34. The number of halogens is 1. The minimum atomic E-state index is -1.15. The van der Waals surface area contributed by atoms with E-state index in [0.717, 1.165) is 5.57 Å². The summed E-state index contributed by atoms with van der Waals surface area (Å²) in [4.78, 5) is 13.1. The van der Waals surface area contributed by atoms with Crippen LogP contribution in [0.3, 0.4) is 0 Å². The molecule has 0 spiro atoms. The molecular weight excluding hydrogens is 292 g/mol. The highest BCUT2D eigenvalue weighted by atomic mass is 35.5. The lowest BCUT2D eigenvalue weighted by Crippen LogP contribution is -2.50. The van der Waals surface area contributed by atoms with Gasteiger partial charge in [0.05, 0.1) is 0 Å². The van der Waals surface area contributed by atoms with E-state index >= 15 is 0 Å². The van der Waals surface area contributed by atoms with Gasteiger partial charge in [0.1, 0.15) is 11.3 Å². The predicted octanol–water partition coefficient (Wildman–Crippen LogP) is 1.94. The van der Waals surface area contributed by atoms with Crippen molar-refractivity contribution in [1.29, 1.82) is 0 Å². The molecule has 1 aliphatic heterocycles. The average molecular weight is 311 g/mol. The van der Waals surface area contributed by atoms with Crippen LogP contribution in [-0.2, 0) is 4.79 Å². The van der Waals surface area contributed by atoms with E-state index in [-0.39, 0.29) is 5.75 Å². The molecule has 1 atom stereocenters. The lowest BCUT2D eigenvalue weighted by atomic mass is 10.0. The fraction of sp³-hybridized carbons (Fsp3) is 0.400. The Labute approximate surface area is 128 Å². The van der Waals surface area contributed by atoms with Gasteiger partial charge in [0.2, 0.25) is 0 Å². The number of carboxylic acids is 1. The highest BCUT2D eigenvalue weighted by Gasteiger charge is 2.40. The van der Waals surface area contributed by atoms with Crippen molar-refractivity contribution in [2.75, 3.05) is 19.6 Å². The maximum Gasteiger partial charge on any atom is 0.325 e. The third-order valence-corrected chi connectivity index (χ3v) is 3.91. The summed E-state index contributed by atoms with van der Waals surface area (Å²) in [6, 6.07) is 4.86. The molecule has 0 aromatic heterocycles. The molecule has 0 radical (unpaired) electrons. The van der Waals surface area contributed by atoms with Gasteiger partial charge >= 0.3 is 5.97 Å². The Balaban J connectivity index is 2.05. The van der Waals surface area contributed by atoms with Crippen LogP contribution in [0.2, 0.25) is 5.02 Å². The van der Waals surface area contributed by atoms with Crippen molar-refractivity contribution in [3.63, 3.8) is 0 Å². The lowest BCUT2D eigenvalue weighted by molar-refractivity contribution is -0.142. The monoisotopic (exact) mass is 310 g/mol. The molecule has 1 fully saturated rings. The van der Waals surface area contributed by atoms with Crippen molar-refractivity contribution in [3.8, 4) is 5.75 Å². The fourth-order valence-corrected chi connectivity index (χ4v) is 2.71. The van der Waals surface area contributed by atoms with Gasteiger partial charge in [-0.05, 0) is 31.5 Å². The van der Waals surface area contributed by atoms with E-state index in [2.05, 4.69) is 0 Å². The number of likely N-dealkylation sites (tertiary alicyclic amines) is 1. The topological polar surface area (TPSA) is 86.8 Å². The Bertz CT molecular complexity index is 588. The quantitative estimate of drug-likeness (QED) is 0.791. The number of aliphatic carboxylic acids is 1. The number of benzene rings is 1. The molecule has 0 bridgehead atoms. The largest absolute Gasteiger partial charge is 0.507 e. The first-order valence-corrected chi connectivity index (χ1v) is 7.08. The molecule has 1 unspecified atom stereocenters. The summed E-state index contributed by atoms with van der Waals surface area (Å²) in [5.74, 6) is -0.794. The van der Waals surface area contributed by atoms with Crippen LogP contribution in [0.5, 0.6) is 5.75 Å². The first-order chi connectivity index (χ1) is 9.80. The Morgan fingerprint density at radius 3 is 2.90 bits per heavy atom. The first kappa shape index (κ1) is 15.8. The Morgan fingerprint density at radius 1 is 1.57 bits per heavy atom. The smallest absolute Gasteiger partial charge is 0.325 e. The number of carbonyl (C=O) groups is 1. The summed E-state index contributed by atoms with van der Waals surface area (Å²) >= 11 is 5.91. The Kier molecular flexibility index (Phi) is 4.56. The zero-order chi connectivity index (χ0) is 15.6. The van der Waals surface area contributed by atoms with E-state index in [0.29, 0.717) is 36.6 Å². The molecule has 4 N–H and O–H groups in total. The van der Waals surface area contributed by atoms with Crippen LogP contribution in [0.1, 0.15) is 18.9 Å². The van der Waals surface area contributed by atoms with Gasteiger partial charge < -0.3 is 15.9 Å². The van der Waals surface area contributed by atoms with Gasteiger partial charge in [0.15, 0.2) is 0 Å². The van der Waals surface area contributed by atoms with E-state index in [1.807, 2.05) is 17.9 Å². The van der Waals surface area contributed by atoms with E-state index in [1.54, 1.807) is 18.2 Å². The summed E-state index contributed by atoms with van der Waals surface area (Å²) in [7, 11) is 0. The molecule has 114 valence electrons. The molecule has 0 amide bonds. The number of aromatic hydroxyl groups is 1. The first-order valence-electron chi connectivity index (χ1n) is 6.70. The molecule has 1 aromatic carbocycles. The molecule has 6 heteroatoms. The normalized spacial score (nSPS) is 23.5. The van der Waals surface area contributed by atoms with Crippen molar-refractivity contribution in [2.45, 2.75) is 18.9 Å². The maximum atomic E-state index is 11.1. The number of carboxylic acid groups (broad SMARTS) is 1. The van der Waals surface area contributed by atoms with E-state index < -0.39 is 11.5 Å². The molecule has 1 aromatic rings. The molecule has 21 heavy (non-hydrogen) atoms. The van der Waals surface area contributed by atoms with Gasteiger partial charge in [-0.15, -0.1) is 0 Å². The molecule has 1 heterocycles. The Hall–Kier alpha value is -1.56. The second-order valence-corrected chi connectivity index (χ2v) is 6.05. The summed E-state index contributed by atoms with van der Waals surface area (Å²) in [6.07, 6.45) is 2.29. The van der Waals surface area contributed by atoms with Crippen LogP contribution in [0, 0.1) is 0 Å². The van der Waals surface area contributed by atoms with Crippen LogP contribution in [0.15, 0.2) is 23.8 Å². The Morgan fingerprint density at radius 2 is 2.29 bits per heavy atom. The van der Waals surface area contributed by atoms with E-state index in [1.165, 1.54) is 0 Å². The summed E-state index contributed by atoms with van der Waals surface area (Å²) in [6.45, 7) is 3.51. The van der Waals surface area contributed by atoms with Gasteiger partial charge in [-0.3, -0.25) is 9.69 Å². The predicted molar refractivity (Wildman–Crippen MR) is 82.4 cm³/mol. The molecule has 1 saturated heterocycles. The van der Waals surface area contributed by atoms with Crippen LogP contribution < -0.4 is 5.73 Å². The van der Waals surface area contributed by atoms with Crippen LogP contribution >= 0.6 is 11.6 Å². The van der Waals surface area contributed by atoms with Gasteiger partial charge in [-0.1, -0.05) is 23.3 Å².